The van der Waals surface area contributed by atoms with Crippen LogP contribution in [0.15, 0.2) is 6.20 Å². The largest absolute Gasteiger partial charge is 0.381 e. The van der Waals surface area contributed by atoms with Crippen LogP contribution >= 0.6 is 0 Å². The number of ether oxygens (including phenoxy) is 2. The van der Waals surface area contributed by atoms with Crippen molar-refractivity contribution in [3.05, 3.63) is 17.5 Å². The topological polar surface area (TPSA) is 50.4 Å². The summed E-state index contributed by atoms with van der Waals surface area (Å²) >= 11 is 0. The number of aromatic amines is 1. The average Bonchev–Trinajstić information content (AvgIpc) is 2.86. The molecule has 1 unspecified atom stereocenters. The number of morpholine rings is 1. The van der Waals surface area contributed by atoms with Crippen LogP contribution in [-0.2, 0) is 9.47 Å². The van der Waals surface area contributed by atoms with Gasteiger partial charge in [-0.1, -0.05) is 0 Å². The first-order valence-corrected chi connectivity index (χ1v) is 6.78. The van der Waals surface area contributed by atoms with Crippen LogP contribution < -0.4 is 0 Å². The Hall–Kier alpha value is -0.910. The summed E-state index contributed by atoms with van der Waals surface area (Å²) in [5, 5.41) is 7.16. The number of H-pyrrole nitrogens is 1. The van der Waals surface area contributed by atoms with Crippen LogP contribution in [0.4, 0.5) is 0 Å². The van der Waals surface area contributed by atoms with Gasteiger partial charge >= 0.3 is 0 Å². The van der Waals surface area contributed by atoms with E-state index in [2.05, 4.69) is 22.0 Å². The van der Waals surface area contributed by atoms with Crippen molar-refractivity contribution in [2.45, 2.75) is 31.9 Å². The summed E-state index contributed by atoms with van der Waals surface area (Å²) in [7, 11) is 0. The molecule has 18 heavy (non-hydrogen) atoms. The van der Waals surface area contributed by atoms with Crippen LogP contribution in [0.5, 0.6) is 0 Å². The molecule has 1 aromatic heterocycles. The lowest BCUT2D eigenvalue weighted by atomic mass is 10.0. The molecule has 3 rings (SSSR count). The van der Waals surface area contributed by atoms with Crippen molar-refractivity contribution < 1.29 is 9.47 Å². The number of hydrogen-bond donors (Lipinski definition) is 1. The SMILES string of the molecule is Cc1cn[nH]c1C1CN(C2CCOCC2)CCO1. The summed E-state index contributed by atoms with van der Waals surface area (Å²) in [6.07, 6.45) is 4.30. The van der Waals surface area contributed by atoms with Crippen LogP contribution in [-0.4, -0.2) is 54.0 Å². The Kier molecular flexibility index (Phi) is 3.63. The van der Waals surface area contributed by atoms with E-state index in [0.717, 1.165) is 51.4 Å². The quantitative estimate of drug-likeness (QED) is 0.860. The highest BCUT2D eigenvalue weighted by atomic mass is 16.5. The fraction of sp³-hybridized carbons (Fsp3) is 0.769. The maximum atomic E-state index is 5.88. The highest BCUT2D eigenvalue weighted by Crippen LogP contribution is 2.26. The maximum absolute atomic E-state index is 5.88. The second-order valence-corrected chi connectivity index (χ2v) is 5.16. The van der Waals surface area contributed by atoms with Gasteiger partial charge in [-0.3, -0.25) is 10.00 Å². The van der Waals surface area contributed by atoms with Crippen molar-refractivity contribution in [1.82, 2.24) is 15.1 Å². The first-order valence-electron chi connectivity index (χ1n) is 6.78. The van der Waals surface area contributed by atoms with Gasteiger partial charge in [0.25, 0.3) is 0 Å². The Labute approximate surface area is 107 Å². The third-order valence-corrected chi connectivity index (χ3v) is 4.00. The number of aromatic nitrogens is 2. The van der Waals surface area contributed by atoms with E-state index in [1.807, 2.05) is 6.20 Å². The number of hydrogen-bond acceptors (Lipinski definition) is 4. The van der Waals surface area contributed by atoms with Crippen LogP contribution in [0, 0.1) is 6.92 Å². The van der Waals surface area contributed by atoms with E-state index in [-0.39, 0.29) is 6.10 Å². The lowest BCUT2D eigenvalue weighted by molar-refractivity contribution is -0.0649. The van der Waals surface area contributed by atoms with Crippen LogP contribution in [0.2, 0.25) is 0 Å². The number of rotatable bonds is 2. The summed E-state index contributed by atoms with van der Waals surface area (Å²) in [5.41, 5.74) is 2.32. The molecule has 3 heterocycles. The molecule has 0 aliphatic carbocycles. The van der Waals surface area contributed by atoms with E-state index in [1.54, 1.807) is 0 Å². The number of nitrogens with one attached hydrogen (secondary N) is 1. The second kappa shape index (κ2) is 5.38. The van der Waals surface area contributed by atoms with Gasteiger partial charge < -0.3 is 9.47 Å². The second-order valence-electron chi connectivity index (χ2n) is 5.16. The maximum Gasteiger partial charge on any atom is 0.112 e. The lowest BCUT2D eigenvalue weighted by Gasteiger charge is -2.39. The predicted octanol–water partition coefficient (Wildman–Crippen LogP) is 1.27. The van der Waals surface area contributed by atoms with E-state index in [0.29, 0.717) is 6.04 Å². The minimum atomic E-state index is 0.143. The molecule has 2 aliphatic rings. The molecule has 2 fully saturated rings. The highest BCUT2D eigenvalue weighted by molar-refractivity contribution is 5.17. The van der Waals surface area contributed by atoms with Crippen LogP contribution in [0.25, 0.3) is 0 Å². The van der Waals surface area contributed by atoms with Crippen molar-refractivity contribution >= 4 is 0 Å². The van der Waals surface area contributed by atoms with E-state index in [4.69, 9.17) is 9.47 Å². The normalized spacial score (nSPS) is 27.5. The summed E-state index contributed by atoms with van der Waals surface area (Å²) < 4.78 is 11.3. The van der Waals surface area contributed by atoms with Crippen LogP contribution in [0.3, 0.4) is 0 Å². The molecule has 0 amide bonds. The molecule has 5 heteroatoms. The van der Waals surface area contributed by atoms with E-state index >= 15 is 0 Å². The first-order chi connectivity index (χ1) is 8.84. The summed E-state index contributed by atoms with van der Waals surface area (Å²) in [5.74, 6) is 0. The number of nitrogens with zero attached hydrogens (tertiary/aromatic N) is 2. The van der Waals surface area contributed by atoms with E-state index in [1.165, 1.54) is 5.56 Å². The molecular weight excluding hydrogens is 230 g/mol. The molecule has 0 spiro atoms. The Balaban J connectivity index is 1.66. The van der Waals surface area contributed by atoms with Gasteiger partial charge in [-0.05, 0) is 25.3 Å². The molecule has 0 radical (unpaired) electrons. The molecule has 0 aromatic carbocycles. The smallest absolute Gasteiger partial charge is 0.112 e. The van der Waals surface area contributed by atoms with Crippen molar-refractivity contribution in [1.29, 1.82) is 0 Å². The molecule has 1 N–H and O–H groups in total. The molecule has 1 atom stereocenters. The third-order valence-electron chi connectivity index (χ3n) is 4.00. The first kappa shape index (κ1) is 12.1. The molecule has 2 aliphatic heterocycles. The zero-order chi connectivity index (χ0) is 12.4. The van der Waals surface area contributed by atoms with Gasteiger partial charge in [-0.2, -0.15) is 5.10 Å². The minimum absolute atomic E-state index is 0.143. The molecule has 100 valence electrons. The monoisotopic (exact) mass is 251 g/mol. The Bertz CT molecular complexity index is 387. The Morgan fingerprint density at radius 2 is 2.17 bits per heavy atom. The molecule has 2 saturated heterocycles. The summed E-state index contributed by atoms with van der Waals surface area (Å²) in [6.45, 7) is 6.68. The van der Waals surface area contributed by atoms with Gasteiger partial charge in [0.2, 0.25) is 0 Å². The predicted molar refractivity (Wildman–Crippen MR) is 67.4 cm³/mol. The van der Waals surface area contributed by atoms with Crippen molar-refractivity contribution in [3.8, 4) is 0 Å². The van der Waals surface area contributed by atoms with Gasteiger partial charge in [-0.25, -0.2) is 0 Å². The van der Waals surface area contributed by atoms with Gasteiger partial charge in [0, 0.05) is 32.3 Å². The fourth-order valence-corrected chi connectivity index (χ4v) is 2.91. The summed E-state index contributed by atoms with van der Waals surface area (Å²) in [6, 6.07) is 0.661. The number of aryl methyl sites for hydroxylation is 1. The van der Waals surface area contributed by atoms with E-state index < -0.39 is 0 Å². The van der Waals surface area contributed by atoms with Crippen molar-refractivity contribution in [3.63, 3.8) is 0 Å². The minimum Gasteiger partial charge on any atom is -0.381 e. The standard InChI is InChI=1S/C13H21N3O2/c1-10-8-14-15-13(10)12-9-16(4-7-18-12)11-2-5-17-6-3-11/h8,11-12H,2-7,9H2,1H3,(H,14,15). The van der Waals surface area contributed by atoms with Gasteiger partial charge in [0.1, 0.15) is 6.10 Å². The van der Waals surface area contributed by atoms with Crippen molar-refractivity contribution in [2.75, 3.05) is 32.9 Å². The molecular formula is C13H21N3O2. The highest BCUT2D eigenvalue weighted by Gasteiger charge is 2.29. The van der Waals surface area contributed by atoms with Gasteiger partial charge in [-0.15, -0.1) is 0 Å². The summed E-state index contributed by atoms with van der Waals surface area (Å²) in [4.78, 5) is 2.55. The van der Waals surface area contributed by atoms with Crippen LogP contribution in [0.1, 0.15) is 30.2 Å². The average molecular weight is 251 g/mol. The molecule has 0 bridgehead atoms. The van der Waals surface area contributed by atoms with Gasteiger partial charge in [0.15, 0.2) is 0 Å². The molecule has 1 aromatic rings. The zero-order valence-electron chi connectivity index (χ0n) is 10.9. The molecule has 5 nitrogen and oxygen atoms in total. The van der Waals surface area contributed by atoms with Crippen molar-refractivity contribution in [2.24, 2.45) is 0 Å². The Morgan fingerprint density at radius 3 is 2.89 bits per heavy atom. The fourth-order valence-electron chi connectivity index (χ4n) is 2.91. The van der Waals surface area contributed by atoms with Gasteiger partial charge in [0.05, 0.1) is 18.5 Å². The van der Waals surface area contributed by atoms with E-state index in [9.17, 15) is 0 Å². The lowest BCUT2D eigenvalue weighted by Crippen LogP contribution is -2.47. The zero-order valence-corrected chi connectivity index (χ0v) is 10.9. The Morgan fingerprint density at radius 1 is 1.33 bits per heavy atom. The third kappa shape index (κ3) is 2.43. The molecule has 0 saturated carbocycles.